The maximum atomic E-state index is 10.7. The van der Waals surface area contributed by atoms with Crippen molar-refractivity contribution in [3.63, 3.8) is 0 Å². The fraction of sp³-hybridized carbons (Fsp3) is 0.875. The van der Waals surface area contributed by atoms with E-state index in [9.17, 15) is 4.79 Å². The molecule has 56 valence electrons. The molecule has 2 fully saturated rings. The Hall–Kier alpha value is -0.370. The largest absolute Gasteiger partial charge is 0.377 e. The van der Waals surface area contributed by atoms with Crippen molar-refractivity contribution in [2.45, 2.75) is 31.8 Å². The Labute approximate surface area is 60.6 Å². The van der Waals surface area contributed by atoms with Gasteiger partial charge in [0.15, 0.2) is 0 Å². The molecule has 0 amide bonds. The first-order valence-corrected chi connectivity index (χ1v) is 3.93. The monoisotopic (exact) mass is 140 g/mol. The molecule has 2 bridgehead atoms. The number of aldehydes is 1. The van der Waals surface area contributed by atoms with Crippen LogP contribution in [-0.2, 0) is 9.53 Å². The highest BCUT2D eigenvalue weighted by molar-refractivity contribution is 5.60. The summed E-state index contributed by atoms with van der Waals surface area (Å²) in [5, 5.41) is 0. The molecule has 2 aliphatic rings. The van der Waals surface area contributed by atoms with Crippen molar-refractivity contribution >= 4 is 6.29 Å². The van der Waals surface area contributed by atoms with Gasteiger partial charge in [0.1, 0.15) is 6.29 Å². The van der Waals surface area contributed by atoms with Gasteiger partial charge in [-0.3, -0.25) is 0 Å². The number of carbonyl (C=O) groups is 1. The lowest BCUT2D eigenvalue weighted by Gasteiger charge is -2.23. The smallest absolute Gasteiger partial charge is 0.128 e. The van der Waals surface area contributed by atoms with E-state index < -0.39 is 0 Å². The fourth-order valence-electron chi connectivity index (χ4n) is 2.04. The van der Waals surface area contributed by atoms with E-state index >= 15 is 0 Å². The third kappa shape index (κ3) is 0.788. The molecule has 0 N–H and O–H groups in total. The lowest BCUT2D eigenvalue weighted by molar-refractivity contribution is -0.116. The van der Waals surface area contributed by atoms with Gasteiger partial charge in [0.2, 0.25) is 0 Å². The normalized spacial score (nSPS) is 45.4. The summed E-state index contributed by atoms with van der Waals surface area (Å²) in [5.74, 6) is 0. The molecular weight excluding hydrogens is 128 g/mol. The third-order valence-electron chi connectivity index (χ3n) is 2.69. The standard InChI is InChI=1S/C8H12O2/c9-5-8-3-1-2-7(4-8)10-6-8/h5,7H,1-4,6H2. The first-order chi connectivity index (χ1) is 4.85. The molecule has 10 heavy (non-hydrogen) atoms. The molecule has 0 radical (unpaired) electrons. The van der Waals surface area contributed by atoms with Gasteiger partial charge in [-0.25, -0.2) is 0 Å². The van der Waals surface area contributed by atoms with Gasteiger partial charge in [0, 0.05) is 0 Å². The summed E-state index contributed by atoms with van der Waals surface area (Å²) in [7, 11) is 0. The Morgan fingerprint density at radius 1 is 1.60 bits per heavy atom. The Morgan fingerprint density at radius 3 is 3.20 bits per heavy atom. The number of rotatable bonds is 1. The van der Waals surface area contributed by atoms with E-state index in [0.29, 0.717) is 12.7 Å². The average Bonchev–Trinajstić information content (AvgIpc) is 2.29. The fourth-order valence-corrected chi connectivity index (χ4v) is 2.04. The van der Waals surface area contributed by atoms with Gasteiger partial charge < -0.3 is 9.53 Å². The Balaban J connectivity index is 2.16. The quantitative estimate of drug-likeness (QED) is 0.510. The highest BCUT2D eigenvalue weighted by Gasteiger charge is 2.42. The van der Waals surface area contributed by atoms with E-state index in [-0.39, 0.29) is 5.41 Å². The number of fused-ring (bicyclic) bond motifs is 2. The summed E-state index contributed by atoms with van der Waals surface area (Å²) in [4.78, 5) is 10.7. The van der Waals surface area contributed by atoms with Gasteiger partial charge in [-0.2, -0.15) is 0 Å². The Morgan fingerprint density at radius 2 is 2.50 bits per heavy atom. The van der Waals surface area contributed by atoms with Crippen LogP contribution in [-0.4, -0.2) is 19.0 Å². The predicted octanol–water partition coefficient (Wildman–Crippen LogP) is 1.14. The molecule has 2 nitrogen and oxygen atoms in total. The van der Waals surface area contributed by atoms with Crippen LogP contribution >= 0.6 is 0 Å². The van der Waals surface area contributed by atoms with Crippen molar-refractivity contribution < 1.29 is 9.53 Å². The predicted molar refractivity (Wildman–Crippen MR) is 36.7 cm³/mol. The van der Waals surface area contributed by atoms with Gasteiger partial charge >= 0.3 is 0 Å². The molecule has 1 saturated heterocycles. The summed E-state index contributed by atoms with van der Waals surface area (Å²) in [5.41, 5.74) is -0.0666. The van der Waals surface area contributed by atoms with Gasteiger partial charge in [-0.1, -0.05) is 0 Å². The van der Waals surface area contributed by atoms with E-state index in [0.717, 1.165) is 25.5 Å². The second-order valence-electron chi connectivity index (χ2n) is 3.51. The molecule has 1 heterocycles. The second-order valence-corrected chi connectivity index (χ2v) is 3.51. The second kappa shape index (κ2) is 2.06. The summed E-state index contributed by atoms with van der Waals surface area (Å²) < 4.78 is 5.44. The zero-order chi connectivity index (χ0) is 7.03. The molecule has 0 spiro atoms. The molecule has 0 aromatic heterocycles. The van der Waals surface area contributed by atoms with Crippen LogP contribution in [0, 0.1) is 5.41 Å². The molecule has 1 aliphatic heterocycles. The zero-order valence-corrected chi connectivity index (χ0v) is 6.01. The van der Waals surface area contributed by atoms with Crippen LogP contribution in [0.3, 0.4) is 0 Å². The summed E-state index contributed by atoms with van der Waals surface area (Å²) in [6.07, 6.45) is 5.87. The summed E-state index contributed by atoms with van der Waals surface area (Å²) in [6, 6.07) is 0. The van der Waals surface area contributed by atoms with Crippen LogP contribution in [0.4, 0.5) is 0 Å². The molecule has 2 unspecified atom stereocenters. The molecule has 0 aromatic carbocycles. The van der Waals surface area contributed by atoms with E-state index in [1.807, 2.05) is 0 Å². The van der Waals surface area contributed by atoms with Crippen LogP contribution in [0.1, 0.15) is 25.7 Å². The van der Waals surface area contributed by atoms with Crippen LogP contribution in [0.5, 0.6) is 0 Å². The maximum Gasteiger partial charge on any atom is 0.128 e. The molecule has 2 atom stereocenters. The first-order valence-electron chi connectivity index (χ1n) is 3.93. The van der Waals surface area contributed by atoms with Crippen molar-refractivity contribution in [2.75, 3.05) is 6.61 Å². The highest BCUT2D eigenvalue weighted by Crippen LogP contribution is 2.41. The third-order valence-corrected chi connectivity index (χ3v) is 2.69. The lowest BCUT2D eigenvalue weighted by Crippen LogP contribution is -2.26. The van der Waals surface area contributed by atoms with Crippen molar-refractivity contribution in [1.82, 2.24) is 0 Å². The highest BCUT2D eigenvalue weighted by atomic mass is 16.5. The first kappa shape index (κ1) is 6.35. The van der Waals surface area contributed by atoms with E-state index in [2.05, 4.69) is 0 Å². The van der Waals surface area contributed by atoms with Gasteiger partial charge in [-0.15, -0.1) is 0 Å². The lowest BCUT2D eigenvalue weighted by atomic mass is 9.77. The molecule has 1 saturated carbocycles. The van der Waals surface area contributed by atoms with E-state index in [1.165, 1.54) is 6.42 Å². The molecular formula is C8H12O2. The summed E-state index contributed by atoms with van der Waals surface area (Å²) in [6.45, 7) is 0.682. The van der Waals surface area contributed by atoms with Crippen LogP contribution in [0.25, 0.3) is 0 Å². The maximum absolute atomic E-state index is 10.7. The minimum absolute atomic E-state index is 0.0666. The van der Waals surface area contributed by atoms with Gasteiger partial charge in [0.05, 0.1) is 18.1 Å². The molecule has 0 aromatic rings. The number of hydrogen-bond acceptors (Lipinski definition) is 2. The zero-order valence-electron chi connectivity index (χ0n) is 6.01. The van der Waals surface area contributed by atoms with Crippen LogP contribution < -0.4 is 0 Å². The number of carbonyl (C=O) groups excluding carboxylic acids is 1. The van der Waals surface area contributed by atoms with E-state index in [1.54, 1.807) is 0 Å². The number of ether oxygens (including phenoxy) is 1. The van der Waals surface area contributed by atoms with Crippen molar-refractivity contribution in [2.24, 2.45) is 5.41 Å². The van der Waals surface area contributed by atoms with Crippen molar-refractivity contribution in [3.8, 4) is 0 Å². The number of hydrogen-bond donors (Lipinski definition) is 0. The minimum atomic E-state index is -0.0666. The van der Waals surface area contributed by atoms with Crippen molar-refractivity contribution in [1.29, 1.82) is 0 Å². The Bertz CT molecular complexity index is 151. The van der Waals surface area contributed by atoms with Gasteiger partial charge in [0.25, 0.3) is 0 Å². The van der Waals surface area contributed by atoms with Crippen LogP contribution in [0.2, 0.25) is 0 Å². The van der Waals surface area contributed by atoms with Crippen molar-refractivity contribution in [3.05, 3.63) is 0 Å². The average molecular weight is 140 g/mol. The summed E-state index contributed by atoms with van der Waals surface area (Å²) >= 11 is 0. The van der Waals surface area contributed by atoms with Crippen LogP contribution in [0.15, 0.2) is 0 Å². The topological polar surface area (TPSA) is 26.3 Å². The molecule has 1 aliphatic carbocycles. The molecule has 2 rings (SSSR count). The Kier molecular flexibility index (Phi) is 1.31. The molecule has 2 heteroatoms. The minimum Gasteiger partial charge on any atom is -0.377 e. The van der Waals surface area contributed by atoms with E-state index in [4.69, 9.17) is 4.74 Å². The van der Waals surface area contributed by atoms with Gasteiger partial charge in [-0.05, 0) is 25.7 Å². The SMILES string of the molecule is O=CC12CCCC(C1)OC2.